The van der Waals surface area contributed by atoms with E-state index in [-0.39, 0.29) is 12.2 Å². The molecule has 1 aromatic rings. The number of aromatic nitrogens is 1. The van der Waals surface area contributed by atoms with Gasteiger partial charge in [0.1, 0.15) is 5.75 Å². The highest BCUT2D eigenvalue weighted by Crippen LogP contribution is 2.00. The molecule has 0 aromatic carbocycles. The summed E-state index contributed by atoms with van der Waals surface area (Å²) in [5.74, 6) is 0.259. The number of hydrogen-bond acceptors (Lipinski definition) is 3. The monoisotopic (exact) mass is 141 g/mol. The number of carbonyl (C=O) groups is 1. The van der Waals surface area contributed by atoms with Gasteiger partial charge >= 0.3 is 0 Å². The highest BCUT2D eigenvalue weighted by atomic mass is 16.3. The zero-order valence-electron chi connectivity index (χ0n) is 5.14. The Balaban J connectivity index is 0.000000236. The number of pyridine rings is 1. The molecule has 0 spiro atoms. The number of carboxylic acid groups (broad SMARTS) is 1. The smallest absolute Gasteiger partial charge is 0.290 e. The fourth-order valence-corrected chi connectivity index (χ4v) is 0.344. The van der Waals surface area contributed by atoms with Gasteiger partial charge in [0.2, 0.25) is 0 Å². The van der Waals surface area contributed by atoms with Crippen LogP contribution in [-0.2, 0) is 4.79 Å². The molecule has 0 amide bonds. The highest BCUT2D eigenvalue weighted by Gasteiger charge is 1.75. The molecule has 0 fully saturated rings. The average Bonchev–Trinajstić information content (AvgIpc) is 1.91. The molecule has 4 nitrogen and oxygen atoms in total. The number of hydrogen-bond donors (Lipinski definition) is 2. The van der Waals surface area contributed by atoms with Crippen LogP contribution in [0.1, 0.15) is 0 Å². The van der Waals surface area contributed by atoms with E-state index < -0.39 is 0 Å². The lowest BCUT2D eigenvalue weighted by molar-refractivity contribution is -0.122. The van der Waals surface area contributed by atoms with Crippen LogP contribution in [0.15, 0.2) is 24.5 Å². The molecule has 2 N–H and O–H groups in total. The lowest BCUT2D eigenvalue weighted by atomic mass is 10.5. The lowest BCUT2D eigenvalue weighted by Crippen LogP contribution is -1.63. The van der Waals surface area contributed by atoms with E-state index in [0.717, 1.165) is 0 Å². The van der Waals surface area contributed by atoms with Crippen molar-refractivity contribution in [2.75, 3.05) is 0 Å². The summed E-state index contributed by atoms with van der Waals surface area (Å²) in [4.78, 5) is 12.0. The number of nitrogens with zero attached hydrogens (tertiary/aromatic N) is 1. The Morgan fingerprint density at radius 3 is 2.00 bits per heavy atom. The minimum Gasteiger partial charge on any atom is -0.508 e. The molecular formula is C6H7NO3. The van der Waals surface area contributed by atoms with Gasteiger partial charge in [0.15, 0.2) is 0 Å². The third kappa shape index (κ3) is 4.58. The van der Waals surface area contributed by atoms with Crippen LogP contribution in [0.3, 0.4) is 0 Å². The molecular weight excluding hydrogens is 134 g/mol. The van der Waals surface area contributed by atoms with Crippen LogP contribution >= 0.6 is 0 Å². The normalized spacial score (nSPS) is 7.20. The SMILES string of the molecule is O=CO.Oc1ccncc1. The van der Waals surface area contributed by atoms with Gasteiger partial charge in [0.05, 0.1) is 0 Å². The fraction of sp³-hybridized carbons (Fsp3) is 0. The summed E-state index contributed by atoms with van der Waals surface area (Å²) < 4.78 is 0. The van der Waals surface area contributed by atoms with Gasteiger partial charge in [-0.05, 0) is 12.1 Å². The Kier molecular flexibility index (Phi) is 4.68. The molecule has 0 saturated carbocycles. The van der Waals surface area contributed by atoms with Crippen molar-refractivity contribution in [2.45, 2.75) is 0 Å². The summed E-state index contributed by atoms with van der Waals surface area (Å²) >= 11 is 0. The maximum absolute atomic E-state index is 8.59. The first-order valence-corrected chi connectivity index (χ1v) is 2.48. The predicted molar refractivity (Wildman–Crippen MR) is 34.6 cm³/mol. The third-order valence-electron chi connectivity index (χ3n) is 0.663. The molecule has 0 bridgehead atoms. The van der Waals surface area contributed by atoms with Crippen molar-refractivity contribution in [1.29, 1.82) is 0 Å². The van der Waals surface area contributed by atoms with Crippen molar-refractivity contribution in [2.24, 2.45) is 0 Å². The molecule has 1 aromatic heterocycles. The van der Waals surface area contributed by atoms with Crippen LogP contribution < -0.4 is 0 Å². The molecule has 10 heavy (non-hydrogen) atoms. The molecule has 1 heterocycles. The Hall–Kier alpha value is -1.58. The van der Waals surface area contributed by atoms with Crippen molar-refractivity contribution >= 4 is 6.47 Å². The van der Waals surface area contributed by atoms with E-state index in [0.29, 0.717) is 0 Å². The van der Waals surface area contributed by atoms with Gasteiger partial charge in [-0.3, -0.25) is 9.78 Å². The lowest BCUT2D eigenvalue weighted by Gasteiger charge is -1.82. The van der Waals surface area contributed by atoms with Crippen LogP contribution in [0, 0.1) is 0 Å². The number of aromatic hydroxyl groups is 1. The Bertz CT molecular complexity index is 176. The first-order chi connectivity index (χ1) is 4.81. The maximum Gasteiger partial charge on any atom is 0.290 e. The highest BCUT2D eigenvalue weighted by molar-refractivity contribution is 5.32. The van der Waals surface area contributed by atoms with E-state index in [2.05, 4.69) is 4.98 Å². The van der Waals surface area contributed by atoms with Crippen molar-refractivity contribution in [1.82, 2.24) is 4.98 Å². The summed E-state index contributed by atoms with van der Waals surface area (Å²) in [5, 5.41) is 15.5. The van der Waals surface area contributed by atoms with Gasteiger partial charge in [-0.1, -0.05) is 0 Å². The molecule has 0 radical (unpaired) electrons. The van der Waals surface area contributed by atoms with Gasteiger partial charge in [-0.25, -0.2) is 0 Å². The first kappa shape index (κ1) is 8.42. The predicted octanol–water partition coefficient (Wildman–Crippen LogP) is 0.488. The van der Waals surface area contributed by atoms with E-state index in [4.69, 9.17) is 15.0 Å². The van der Waals surface area contributed by atoms with E-state index >= 15 is 0 Å². The molecule has 0 saturated heterocycles. The van der Waals surface area contributed by atoms with Gasteiger partial charge in [0.25, 0.3) is 6.47 Å². The van der Waals surface area contributed by atoms with E-state index in [1.54, 1.807) is 0 Å². The Morgan fingerprint density at radius 1 is 1.40 bits per heavy atom. The summed E-state index contributed by atoms with van der Waals surface area (Å²) in [5.41, 5.74) is 0. The average molecular weight is 141 g/mol. The van der Waals surface area contributed by atoms with Crippen LogP contribution in [0.2, 0.25) is 0 Å². The zero-order valence-corrected chi connectivity index (χ0v) is 5.14. The number of rotatable bonds is 0. The van der Waals surface area contributed by atoms with Crippen LogP contribution in [0.25, 0.3) is 0 Å². The first-order valence-electron chi connectivity index (χ1n) is 2.48. The summed E-state index contributed by atoms with van der Waals surface area (Å²) in [6.07, 6.45) is 3.07. The van der Waals surface area contributed by atoms with Crippen molar-refractivity contribution < 1.29 is 15.0 Å². The topological polar surface area (TPSA) is 70.4 Å². The standard InChI is InChI=1S/C5H5NO.CH2O2/c7-5-1-3-6-4-2-5;2-1-3/h1-4H,(H,6,7);1H,(H,2,3). The van der Waals surface area contributed by atoms with E-state index in [9.17, 15) is 0 Å². The summed E-state index contributed by atoms with van der Waals surface area (Å²) in [6, 6.07) is 3.06. The fourth-order valence-electron chi connectivity index (χ4n) is 0.344. The summed E-state index contributed by atoms with van der Waals surface area (Å²) in [6.45, 7) is -0.250. The minimum atomic E-state index is -0.250. The second-order valence-corrected chi connectivity index (χ2v) is 1.31. The molecule has 1 rings (SSSR count). The second-order valence-electron chi connectivity index (χ2n) is 1.31. The molecule has 0 aliphatic heterocycles. The van der Waals surface area contributed by atoms with Crippen LogP contribution in [0.5, 0.6) is 5.75 Å². The van der Waals surface area contributed by atoms with E-state index in [1.807, 2.05) is 0 Å². The van der Waals surface area contributed by atoms with Crippen LogP contribution in [-0.4, -0.2) is 21.7 Å². The molecule has 0 aliphatic carbocycles. The van der Waals surface area contributed by atoms with Gasteiger partial charge < -0.3 is 10.2 Å². The second kappa shape index (κ2) is 5.55. The van der Waals surface area contributed by atoms with Crippen molar-refractivity contribution in [3.63, 3.8) is 0 Å². The largest absolute Gasteiger partial charge is 0.508 e. The van der Waals surface area contributed by atoms with Crippen molar-refractivity contribution in [3.8, 4) is 5.75 Å². The Morgan fingerprint density at radius 2 is 1.80 bits per heavy atom. The molecule has 0 unspecified atom stereocenters. The van der Waals surface area contributed by atoms with Gasteiger partial charge in [0, 0.05) is 12.4 Å². The maximum atomic E-state index is 8.59. The molecule has 0 aliphatic rings. The Labute approximate surface area is 57.8 Å². The molecule has 54 valence electrons. The minimum absolute atomic E-state index is 0.250. The van der Waals surface area contributed by atoms with E-state index in [1.165, 1.54) is 24.5 Å². The van der Waals surface area contributed by atoms with Gasteiger partial charge in [-0.2, -0.15) is 0 Å². The van der Waals surface area contributed by atoms with Gasteiger partial charge in [-0.15, -0.1) is 0 Å². The van der Waals surface area contributed by atoms with Crippen molar-refractivity contribution in [3.05, 3.63) is 24.5 Å². The van der Waals surface area contributed by atoms with Crippen LogP contribution in [0.4, 0.5) is 0 Å². The molecule has 4 heteroatoms. The zero-order chi connectivity index (χ0) is 7.82. The molecule has 0 atom stereocenters. The summed E-state index contributed by atoms with van der Waals surface area (Å²) in [7, 11) is 0. The third-order valence-corrected chi connectivity index (χ3v) is 0.663. The quantitative estimate of drug-likeness (QED) is 0.516.